The largest absolute Gasteiger partial charge is 0.490 e. The maximum atomic E-state index is 12.8. The Kier molecular flexibility index (Phi) is 9.96. The zero-order chi connectivity index (χ0) is 25.9. The van der Waals surface area contributed by atoms with E-state index in [-0.39, 0.29) is 5.57 Å². The van der Waals surface area contributed by atoms with E-state index >= 15 is 0 Å². The van der Waals surface area contributed by atoms with E-state index in [1.807, 2.05) is 61.5 Å². The van der Waals surface area contributed by atoms with Crippen molar-refractivity contribution in [1.82, 2.24) is 0 Å². The molecule has 0 bridgehead atoms. The number of hydrogen-bond donors (Lipinski definition) is 1. The lowest BCUT2D eigenvalue weighted by Crippen LogP contribution is -2.21. The monoisotopic (exact) mass is 547 g/mol. The molecule has 6 nitrogen and oxygen atoms in total. The third-order valence-corrected chi connectivity index (χ3v) is 6.03. The fourth-order valence-corrected chi connectivity index (χ4v) is 3.87. The molecule has 0 unspecified atom stereocenters. The smallest absolute Gasteiger partial charge is 0.266 e. The predicted octanol–water partition coefficient (Wildman–Crippen LogP) is 6.82. The minimum Gasteiger partial charge on any atom is -0.490 e. The molecule has 3 rings (SSSR count). The van der Waals surface area contributed by atoms with E-state index < -0.39 is 5.91 Å². The van der Waals surface area contributed by atoms with Crippen LogP contribution in [-0.4, -0.2) is 25.6 Å². The zero-order valence-electron chi connectivity index (χ0n) is 20.8. The molecule has 0 radical (unpaired) electrons. The van der Waals surface area contributed by atoms with Gasteiger partial charge >= 0.3 is 0 Å². The van der Waals surface area contributed by atoms with Crippen molar-refractivity contribution in [1.29, 1.82) is 5.26 Å². The molecule has 0 fully saturated rings. The fourth-order valence-electron chi connectivity index (χ4n) is 3.60. The number of amides is 1. The van der Waals surface area contributed by atoms with Crippen LogP contribution in [0.2, 0.25) is 0 Å². The maximum absolute atomic E-state index is 12.8. The Labute approximate surface area is 221 Å². The number of rotatable bonds is 11. The van der Waals surface area contributed by atoms with Crippen molar-refractivity contribution in [3.8, 4) is 17.6 Å². The van der Waals surface area contributed by atoms with Crippen LogP contribution in [0.1, 0.15) is 31.9 Å². The molecule has 0 spiro atoms. The minimum absolute atomic E-state index is 0.00574. The molecule has 36 heavy (non-hydrogen) atoms. The number of benzene rings is 3. The first-order valence-electron chi connectivity index (χ1n) is 11.9. The van der Waals surface area contributed by atoms with Gasteiger partial charge in [0.1, 0.15) is 18.2 Å². The molecule has 0 aliphatic carbocycles. The van der Waals surface area contributed by atoms with Gasteiger partial charge in [0.05, 0.1) is 6.61 Å². The summed E-state index contributed by atoms with van der Waals surface area (Å²) < 4.78 is 12.7. The normalized spacial score (nSPS) is 10.9. The molecule has 0 aliphatic rings. The predicted molar refractivity (Wildman–Crippen MR) is 148 cm³/mol. The van der Waals surface area contributed by atoms with Gasteiger partial charge in [0.25, 0.3) is 5.91 Å². The lowest BCUT2D eigenvalue weighted by atomic mass is 10.1. The van der Waals surface area contributed by atoms with Crippen molar-refractivity contribution in [2.24, 2.45) is 0 Å². The Hall–Kier alpha value is -3.76. The van der Waals surface area contributed by atoms with Gasteiger partial charge in [-0.15, -0.1) is 0 Å². The van der Waals surface area contributed by atoms with Gasteiger partial charge in [-0.1, -0.05) is 34.1 Å². The van der Waals surface area contributed by atoms with Crippen molar-refractivity contribution in [2.45, 2.75) is 27.4 Å². The Bertz CT molecular complexity index is 1230. The molecular formula is C29H30BrN3O3. The summed E-state index contributed by atoms with van der Waals surface area (Å²) in [6.45, 7) is 8.74. The number of carbonyl (C=O) groups excluding carboxylic acids is 1. The van der Waals surface area contributed by atoms with Crippen LogP contribution in [0.5, 0.6) is 11.5 Å². The summed E-state index contributed by atoms with van der Waals surface area (Å²) in [7, 11) is 0. The molecule has 0 saturated heterocycles. The van der Waals surface area contributed by atoms with Gasteiger partial charge in [-0.2, -0.15) is 5.26 Å². The number of hydrogen-bond acceptors (Lipinski definition) is 5. The van der Waals surface area contributed by atoms with E-state index in [0.29, 0.717) is 36.0 Å². The van der Waals surface area contributed by atoms with Crippen LogP contribution < -0.4 is 19.7 Å². The summed E-state index contributed by atoms with van der Waals surface area (Å²) in [6, 6.07) is 22.8. The van der Waals surface area contributed by atoms with E-state index in [9.17, 15) is 10.1 Å². The standard InChI is InChI=1S/C29H30BrN3O3/c1-4-33(5-2)26-14-12-25(13-15-26)32-29(34)23(19-31)17-22-9-16-27(28(18-22)35-6-3)36-20-21-7-10-24(30)11-8-21/h7-18H,4-6,20H2,1-3H3,(H,32,34)/b23-17-. The van der Waals surface area contributed by atoms with Gasteiger partial charge in [-0.25, -0.2) is 0 Å². The van der Waals surface area contributed by atoms with Crippen LogP contribution >= 0.6 is 15.9 Å². The molecule has 186 valence electrons. The molecule has 3 aromatic rings. The summed E-state index contributed by atoms with van der Waals surface area (Å²) in [5, 5.41) is 12.4. The van der Waals surface area contributed by atoms with Gasteiger partial charge in [-0.3, -0.25) is 4.79 Å². The summed E-state index contributed by atoms with van der Waals surface area (Å²) in [6.07, 6.45) is 1.54. The first-order valence-corrected chi connectivity index (χ1v) is 12.7. The third kappa shape index (κ3) is 7.37. The lowest BCUT2D eigenvalue weighted by molar-refractivity contribution is -0.112. The Morgan fingerprint density at radius 3 is 2.28 bits per heavy atom. The van der Waals surface area contributed by atoms with Gasteiger partial charge in [-0.05, 0) is 86.5 Å². The SMILES string of the molecule is CCOc1cc(/C=C(/C#N)C(=O)Nc2ccc(N(CC)CC)cc2)ccc1OCc1ccc(Br)cc1. The summed E-state index contributed by atoms with van der Waals surface area (Å²) in [5.41, 5.74) is 3.40. The molecule has 0 heterocycles. The van der Waals surface area contributed by atoms with Crippen molar-refractivity contribution >= 4 is 39.3 Å². The molecule has 3 aromatic carbocycles. The molecular weight excluding hydrogens is 518 g/mol. The van der Waals surface area contributed by atoms with Gasteiger partial charge in [0, 0.05) is 28.9 Å². The van der Waals surface area contributed by atoms with E-state index in [1.165, 1.54) is 0 Å². The first-order chi connectivity index (χ1) is 17.5. The molecule has 0 saturated carbocycles. The summed E-state index contributed by atoms with van der Waals surface area (Å²) in [5.74, 6) is 0.669. The molecule has 7 heteroatoms. The Balaban J connectivity index is 1.73. The second kappa shape index (κ2) is 13.4. The van der Waals surface area contributed by atoms with Crippen LogP contribution in [0, 0.1) is 11.3 Å². The average Bonchev–Trinajstić information content (AvgIpc) is 2.89. The van der Waals surface area contributed by atoms with Crippen LogP contribution in [0.3, 0.4) is 0 Å². The van der Waals surface area contributed by atoms with Crippen LogP contribution in [0.25, 0.3) is 6.08 Å². The van der Waals surface area contributed by atoms with E-state index in [0.717, 1.165) is 28.8 Å². The number of nitrogens with zero attached hydrogens (tertiary/aromatic N) is 2. The van der Waals surface area contributed by atoms with Crippen LogP contribution in [0.4, 0.5) is 11.4 Å². The third-order valence-electron chi connectivity index (χ3n) is 5.51. The zero-order valence-corrected chi connectivity index (χ0v) is 22.3. The molecule has 0 aromatic heterocycles. The highest BCUT2D eigenvalue weighted by Crippen LogP contribution is 2.30. The number of carbonyl (C=O) groups is 1. The minimum atomic E-state index is -0.471. The van der Waals surface area contributed by atoms with Crippen molar-refractivity contribution in [3.63, 3.8) is 0 Å². The average molecular weight is 548 g/mol. The molecule has 0 aliphatic heterocycles. The molecule has 1 N–H and O–H groups in total. The van der Waals surface area contributed by atoms with Gasteiger partial charge in [0.2, 0.25) is 0 Å². The van der Waals surface area contributed by atoms with Crippen LogP contribution in [-0.2, 0) is 11.4 Å². The summed E-state index contributed by atoms with van der Waals surface area (Å²) >= 11 is 3.43. The second-order valence-electron chi connectivity index (χ2n) is 7.90. The highest BCUT2D eigenvalue weighted by molar-refractivity contribution is 9.10. The lowest BCUT2D eigenvalue weighted by Gasteiger charge is -2.21. The van der Waals surface area contributed by atoms with Gasteiger partial charge < -0.3 is 19.7 Å². The maximum Gasteiger partial charge on any atom is 0.266 e. The van der Waals surface area contributed by atoms with E-state index in [4.69, 9.17) is 9.47 Å². The quantitative estimate of drug-likeness (QED) is 0.210. The number of nitriles is 1. The van der Waals surface area contributed by atoms with Gasteiger partial charge in [0.15, 0.2) is 11.5 Å². The topological polar surface area (TPSA) is 74.6 Å². The number of halogens is 1. The van der Waals surface area contributed by atoms with Crippen molar-refractivity contribution < 1.29 is 14.3 Å². The van der Waals surface area contributed by atoms with E-state index in [1.54, 1.807) is 24.3 Å². The Morgan fingerprint density at radius 2 is 1.67 bits per heavy atom. The summed E-state index contributed by atoms with van der Waals surface area (Å²) in [4.78, 5) is 15.0. The highest BCUT2D eigenvalue weighted by atomic mass is 79.9. The number of nitrogens with one attached hydrogen (secondary N) is 1. The molecule has 1 amide bonds. The Morgan fingerprint density at radius 1 is 0.972 bits per heavy atom. The molecule has 0 atom stereocenters. The van der Waals surface area contributed by atoms with Crippen molar-refractivity contribution in [2.75, 3.05) is 29.9 Å². The van der Waals surface area contributed by atoms with Crippen LogP contribution in [0.15, 0.2) is 76.8 Å². The fraction of sp³-hybridized carbons (Fsp3) is 0.241. The highest BCUT2D eigenvalue weighted by Gasteiger charge is 2.12. The van der Waals surface area contributed by atoms with Crippen molar-refractivity contribution in [3.05, 3.63) is 87.9 Å². The second-order valence-corrected chi connectivity index (χ2v) is 8.81. The first kappa shape index (κ1) is 26.8. The number of ether oxygens (including phenoxy) is 2. The van der Waals surface area contributed by atoms with E-state index in [2.05, 4.69) is 40.0 Å². The number of anilines is 2.